The molecule has 0 fully saturated rings. The zero-order chi connectivity index (χ0) is 15.1. The molecule has 0 aliphatic carbocycles. The van der Waals surface area contributed by atoms with Crippen molar-refractivity contribution in [3.63, 3.8) is 0 Å². The number of aryl methyl sites for hydroxylation is 1. The van der Waals surface area contributed by atoms with E-state index >= 15 is 0 Å². The smallest absolute Gasteiger partial charge is 0.317 e. The molecule has 7 nitrogen and oxygen atoms in total. The van der Waals surface area contributed by atoms with Crippen molar-refractivity contribution in [3.8, 4) is 0 Å². The van der Waals surface area contributed by atoms with Crippen molar-refractivity contribution in [2.75, 3.05) is 6.54 Å². The third kappa shape index (κ3) is 5.21. The van der Waals surface area contributed by atoms with E-state index in [1.165, 1.54) is 4.90 Å². The molecule has 0 aromatic carbocycles. The number of aliphatic carboxylic acids is 1. The molecule has 0 saturated carbocycles. The van der Waals surface area contributed by atoms with Gasteiger partial charge in [-0.3, -0.25) is 14.8 Å². The van der Waals surface area contributed by atoms with Crippen LogP contribution in [-0.2, 0) is 11.3 Å². The van der Waals surface area contributed by atoms with Crippen LogP contribution in [0.5, 0.6) is 0 Å². The van der Waals surface area contributed by atoms with E-state index in [2.05, 4.69) is 15.3 Å². The highest BCUT2D eigenvalue weighted by Gasteiger charge is 2.17. The van der Waals surface area contributed by atoms with Crippen LogP contribution in [0.3, 0.4) is 0 Å². The van der Waals surface area contributed by atoms with Crippen LogP contribution in [0.1, 0.15) is 31.7 Å². The van der Waals surface area contributed by atoms with E-state index < -0.39 is 5.97 Å². The summed E-state index contributed by atoms with van der Waals surface area (Å²) >= 11 is 0. The molecule has 0 radical (unpaired) electrons. The van der Waals surface area contributed by atoms with E-state index in [1.54, 1.807) is 12.4 Å². The van der Waals surface area contributed by atoms with Gasteiger partial charge in [-0.1, -0.05) is 0 Å². The molecule has 2 N–H and O–H groups in total. The SMILES string of the molecule is Cc1cnc(CNC(=O)N(CCC(=O)O)C(C)C)cn1. The first-order valence-electron chi connectivity index (χ1n) is 6.44. The van der Waals surface area contributed by atoms with Gasteiger partial charge in [0.05, 0.1) is 30.6 Å². The lowest BCUT2D eigenvalue weighted by Crippen LogP contribution is -2.44. The van der Waals surface area contributed by atoms with Crippen molar-refractivity contribution < 1.29 is 14.7 Å². The molecule has 0 unspecified atom stereocenters. The molecule has 110 valence electrons. The average Bonchev–Trinajstić information content (AvgIpc) is 2.37. The third-order valence-corrected chi connectivity index (χ3v) is 2.71. The number of nitrogens with one attached hydrogen (secondary N) is 1. The van der Waals surface area contributed by atoms with Crippen molar-refractivity contribution in [2.45, 2.75) is 39.8 Å². The number of carboxylic acids is 1. The quantitative estimate of drug-likeness (QED) is 0.815. The second-order valence-corrected chi connectivity index (χ2v) is 4.74. The third-order valence-electron chi connectivity index (χ3n) is 2.71. The maximum Gasteiger partial charge on any atom is 0.317 e. The van der Waals surface area contributed by atoms with E-state index in [1.807, 2.05) is 20.8 Å². The molecule has 0 aliphatic rings. The summed E-state index contributed by atoms with van der Waals surface area (Å²) in [5.74, 6) is -0.923. The predicted molar refractivity (Wildman–Crippen MR) is 73.1 cm³/mol. The Morgan fingerprint density at radius 3 is 2.55 bits per heavy atom. The van der Waals surface area contributed by atoms with Gasteiger partial charge in [-0.25, -0.2) is 4.79 Å². The highest BCUT2D eigenvalue weighted by molar-refractivity contribution is 5.75. The second-order valence-electron chi connectivity index (χ2n) is 4.74. The van der Waals surface area contributed by atoms with Crippen LogP contribution >= 0.6 is 0 Å². The van der Waals surface area contributed by atoms with Crippen LogP contribution in [0.4, 0.5) is 4.79 Å². The Hall–Kier alpha value is -2.18. The van der Waals surface area contributed by atoms with Crippen LogP contribution in [0.25, 0.3) is 0 Å². The highest BCUT2D eigenvalue weighted by atomic mass is 16.4. The van der Waals surface area contributed by atoms with Gasteiger partial charge >= 0.3 is 12.0 Å². The van der Waals surface area contributed by atoms with Gasteiger partial charge in [-0.05, 0) is 20.8 Å². The molecule has 0 aliphatic heterocycles. The molecular weight excluding hydrogens is 260 g/mol. The summed E-state index contributed by atoms with van der Waals surface area (Å²) in [6, 6.07) is -0.373. The van der Waals surface area contributed by atoms with E-state index in [0.29, 0.717) is 5.69 Å². The molecule has 7 heteroatoms. The largest absolute Gasteiger partial charge is 0.481 e. The molecule has 0 atom stereocenters. The number of carbonyl (C=O) groups is 2. The van der Waals surface area contributed by atoms with Gasteiger partial charge in [0, 0.05) is 18.8 Å². The summed E-state index contributed by atoms with van der Waals surface area (Å²) in [4.78, 5) is 32.3. The first-order valence-corrected chi connectivity index (χ1v) is 6.44. The van der Waals surface area contributed by atoms with Crippen molar-refractivity contribution in [1.29, 1.82) is 0 Å². The van der Waals surface area contributed by atoms with Crippen molar-refractivity contribution in [3.05, 3.63) is 23.8 Å². The number of nitrogens with zero attached hydrogens (tertiary/aromatic N) is 3. The molecular formula is C13H20N4O3. The maximum atomic E-state index is 12.0. The van der Waals surface area contributed by atoms with E-state index in [9.17, 15) is 9.59 Å². The number of amides is 2. The summed E-state index contributed by atoms with van der Waals surface area (Å²) < 4.78 is 0. The molecule has 2 amide bonds. The van der Waals surface area contributed by atoms with Crippen LogP contribution in [-0.4, -0.2) is 44.6 Å². The average molecular weight is 280 g/mol. The molecule has 0 bridgehead atoms. The van der Waals surface area contributed by atoms with Gasteiger partial charge < -0.3 is 15.3 Å². The van der Waals surface area contributed by atoms with Crippen molar-refractivity contribution >= 4 is 12.0 Å². The molecule has 1 aromatic rings. The zero-order valence-corrected chi connectivity index (χ0v) is 12.0. The summed E-state index contributed by atoms with van der Waals surface area (Å²) in [5, 5.41) is 11.4. The number of carbonyl (C=O) groups excluding carboxylic acids is 1. The van der Waals surface area contributed by atoms with Crippen LogP contribution in [0.2, 0.25) is 0 Å². The lowest BCUT2D eigenvalue weighted by molar-refractivity contribution is -0.137. The van der Waals surface area contributed by atoms with Gasteiger partial charge in [0.1, 0.15) is 0 Å². The summed E-state index contributed by atoms with van der Waals surface area (Å²) in [6.07, 6.45) is 3.16. The van der Waals surface area contributed by atoms with Gasteiger partial charge in [-0.2, -0.15) is 0 Å². The molecule has 0 saturated heterocycles. The predicted octanol–water partition coefficient (Wildman–Crippen LogP) is 1.18. The minimum Gasteiger partial charge on any atom is -0.481 e. The van der Waals surface area contributed by atoms with Crippen molar-refractivity contribution in [2.24, 2.45) is 0 Å². The topological polar surface area (TPSA) is 95.4 Å². The van der Waals surface area contributed by atoms with Crippen LogP contribution in [0.15, 0.2) is 12.4 Å². The Labute approximate surface area is 118 Å². The summed E-state index contributed by atoms with van der Waals surface area (Å²) in [6.45, 7) is 5.96. The number of urea groups is 1. The summed E-state index contributed by atoms with van der Waals surface area (Å²) in [5.41, 5.74) is 1.47. The fraction of sp³-hybridized carbons (Fsp3) is 0.538. The number of hydrogen-bond donors (Lipinski definition) is 2. The molecule has 1 rings (SSSR count). The van der Waals surface area contributed by atoms with Gasteiger partial charge in [0.15, 0.2) is 0 Å². The minimum atomic E-state index is -0.923. The fourth-order valence-corrected chi connectivity index (χ4v) is 1.59. The monoisotopic (exact) mass is 280 g/mol. The van der Waals surface area contributed by atoms with E-state index in [4.69, 9.17) is 5.11 Å². The molecule has 0 spiro atoms. The van der Waals surface area contributed by atoms with Gasteiger partial charge in [-0.15, -0.1) is 0 Å². The minimum absolute atomic E-state index is 0.0709. The number of carboxylic acid groups (broad SMARTS) is 1. The second kappa shape index (κ2) is 7.42. The normalized spacial score (nSPS) is 10.4. The van der Waals surface area contributed by atoms with E-state index in [-0.39, 0.29) is 31.6 Å². The Morgan fingerprint density at radius 1 is 1.35 bits per heavy atom. The molecule has 1 heterocycles. The first kappa shape index (κ1) is 15.9. The van der Waals surface area contributed by atoms with Crippen molar-refractivity contribution in [1.82, 2.24) is 20.2 Å². The van der Waals surface area contributed by atoms with Gasteiger partial charge in [0.25, 0.3) is 0 Å². The number of aromatic nitrogens is 2. The Balaban J connectivity index is 2.53. The maximum absolute atomic E-state index is 12.0. The van der Waals surface area contributed by atoms with E-state index in [0.717, 1.165) is 5.69 Å². The first-order chi connectivity index (χ1) is 9.40. The van der Waals surface area contributed by atoms with Gasteiger partial charge in [0.2, 0.25) is 0 Å². The Bertz CT molecular complexity index is 459. The lowest BCUT2D eigenvalue weighted by atomic mass is 10.3. The van der Waals surface area contributed by atoms with Crippen LogP contribution < -0.4 is 5.32 Å². The molecule has 1 aromatic heterocycles. The Morgan fingerprint density at radius 2 is 2.05 bits per heavy atom. The van der Waals surface area contributed by atoms with Crippen LogP contribution in [0, 0.1) is 6.92 Å². The molecule has 20 heavy (non-hydrogen) atoms. The Kier molecular flexibility index (Phi) is 5.89. The number of rotatable bonds is 6. The zero-order valence-electron chi connectivity index (χ0n) is 12.0. The summed E-state index contributed by atoms with van der Waals surface area (Å²) in [7, 11) is 0. The highest BCUT2D eigenvalue weighted by Crippen LogP contribution is 2.02. The standard InChI is InChI=1S/C13H20N4O3/c1-9(2)17(5-4-12(18)19)13(20)16-8-11-7-14-10(3)6-15-11/h6-7,9H,4-5,8H2,1-3H3,(H,16,20)(H,18,19). The lowest BCUT2D eigenvalue weighted by Gasteiger charge is -2.26. The number of hydrogen-bond acceptors (Lipinski definition) is 4. The fourth-order valence-electron chi connectivity index (χ4n) is 1.59.